The normalized spacial score (nSPS) is 10.8. The molecule has 0 aliphatic rings. The maximum absolute atomic E-state index is 11.7. The Bertz CT molecular complexity index is 678. The van der Waals surface area contributed by atoms with E-state index in [0.29, 0.717) is 10.9 Å². The van der Waals surface area contributed by atoms with Gasteiger partial charge in [-0.15, -0.1) is 0 Å². The van der Waals surface area contributed by atoms with E-state index in [1.54, 1.807) is 0 Å². The summed E-state index contributed by atoms with van der Waals surface area (Å²) in [4.78, 5) is 22.6. The Morgan fingerprint density at radius 1 is 1.33 bits per heavy atom. The van der Waals surface area contributed by atoms with Gasteiger partial charge < -0.3 is 14.8 Å². The molecule has 1 aromatic carbocycles. The van der Waals surface area contributed by atoms with Crippen LogP contribution in [-0.4, -0.2) is 27.4 Å². The Labute approximate surface area is 107 Å². The predicted octanol–water partition coefficient (Wildman–Crippen LogP) is 1.35. The average Bonchev–Trinajstić information content (AvgIpc) is 2.32. The van der Waals surface area contributed by atoms with Gasteiger partial charge in [-0.3, -0.25) is 4.79 Å². The van der Waals surface area contributed by atoms with E-state index in [1.807, 2.05) is 0 Å². The van der Waals surface area contributed by atoms with Crippen LogP contribution in [0.5, 0.6) is 0 Å². The lowest BCUT2D eigenvalue weighted by Gasteiger charge is -2.10. The fourth-order valence-corrected chi connectivity index (χ4v) is 2.17. The van der Waals surface area contributed by atoms with E-state index in [9.17, 15) is 9.59 Å². The van der Waals surface area contributed by atoms with Gasteiger partial charge in [0.25, 0.3) is 5.56 Å². The number of nitrogens with zero attached hydrogens (tertiary/aromatic N) is 1. The number of pyridine rings is 1. The Morgan fingerprint density at radius 2 is 2.06 bits per heavy atom. The molecule has 1 heterocycles. The number of rotatable bonds is 3. The predicted molar refractivity (Wildman–Crippen MR) is 67.3 cm³/mol. The topological polar surface area (TPSA) is 79.5 Å². The number of aliphatic hydroxyl groups is 1. The number of aromatic nitrogens is 1. The molecule has 2 N–H and O–H groups in total. The molecule has 94 valence electrons. The lowest BCUT2D eigenvalue weighted by atomic mass is 10.1. The molecule has 0 atom stereocenters. The summed E-state index contributed by atoms with van der Waals surface area (Å²) in [6.45, 7) is -0.0850. The van der Waals surface area contributed by atoms with Gasteiger partial charge in [-0.2, -0.15) is 0 Å². The SMILES string of the molecule is O=C(O)c1cc(Cl)c2c(ccc(=O)n2CCO)c1. The molecule has 6 heteroatoms. The van der Waals surface area contributed by atoms with Crippen LogP contribution in [0.25, 0.3) is 10.9 Å². The molecule has 1 aromatic heterocycles. The van der Waals surface area contributed by atoms with Gasteiger partial charge in [0.15, 0.2) is 0 Å². The smallest absolute Gasteiger partial charge is 0.335 e. The molecule has 0 aliphatic heterocycles. The lowest BCUT2D eigenvalue weighted by molar-refractivity contribution is 0.0697. The van der Waals surface area contributed by atoms with Crippen LogP contribution in [0.1, 0.15) is 10.4 Å². The van der Waals surface area contributed by atoms with Gasteiger partial charge in [0, 0.05) is 18.0 Å². The summed E-state index contributed by atoms with van der Waals surface area (Å²) < 4.78 is 1.32. The van der Waals surface area contributed by atoms with Crippen molar-refractivity contribution in [3.05, 3.63) is 45.2 Å². The minimum atomic E-state index is -1.08. The van der Waals surface area contributed by atoms with E-state index in [1.165, 1.54) is 28.8 Å². The highest BCUT2D eigenvalue weighted by Crippen LogP contribution is 2.24. The zero-order valence-corrected chi connectivity index (χ0v) is 10.0. The number of hydrogen-bond donors (Lipinski definition) is 2. The van der Waals surface area contributed by atoms with E-state index >= 15 is 0 Å². The number of carboxylic acids is 1. The van der Waals surface area contributed by atoms with Gasteiger partial charge in [0.1, 0.15) is 0 Å². The monoisotopic (exact) mass is 267 g/mol. The van der Waals surface area contributed by atoms with Crippen molar-refractivity contribution in [1.29, 1.82) is 0 Å². The van der Waals surface area contributed by atoms with Gasteiger partial charge >= 0.3 is 5.97 Å². The number of carboxylic acid groups (broad SMARTS) is 1. The first-order valence-electron chi connectivity index (χ1n) is 5.22. The highest BCUT2D eigenvalue weighted by molar-refractivity contribution is 6.35. The van der Waals surface area contributed by atoms with Crippen molar-refractivity contribution < 1.29 is 15.0 Å². The molecule has 0 fully saturated rings. The first-order chi connectivity index (χ1) is 8.54. The molecular formula is C12H10ClNO4. The first-order valence-corrected chi connectivity index (χ1v) is 5.59. The van der Waals surface area contributed by atoms with Crippen molar-refractivity contribution in [3.63, 3.8) is 0 Å². The second-order valence-electron chi connectivity index (χ2n) is 3.75. The van der Waals surface area contributed by atoms with Crippen molar-refractivity contribution in [1.82, 2.24) is 4.57 Å². The highest BCUT2D eigenvalue weighted by Gasteiger charge is 2.11. The summed E-state index contributed by atoms with van der Waals surface area (Å²) in [5.74, 6) is -1.08. The van der Waals surface area contributed by atoms with Crippen molar-refractivity contribution >= 4 is 28.5 Å². The second kappa shape index (κ2) is 4.80. The fourth-order valence-electron chi connectivity index (χ4n) is 1.84. The molecular weight excluding hydrogens is 258 g/mol. The standard InChI is InChI=1S/C12H10ClNO4/c13-9-6-8(12(17)18)5-7-1-2-10(16)14(3-4-15)11(7)9/h1-2,5-6,15H,3-4H2,(H,17,18). The van der Waals surface area contributed by atoms with Gasteiger partial charge in [0.2, 0.25) is 0 Å². The Balaban J connectivity index is 2.82. The van der Waals surface area contributed by atoms with Crippen molar-refractivity contribution in [2.24, 2.45) is 0 Å². The molecule has 0 bridgehead atoms. The zero-order chi connectivity index (χ0) is 13.3. The highest BCUT2D eigenvalue weighted by atomic mass is 35.5. The summed E-state index contributed by atoms with van der Waals surface area (Å²) in [5, 5.41) is 18.6. The van der Waals surface area contributed by atoms with Crippen LogP contribution in [-0.2, 0) is 6.54 Å². The van der Waals surface area contributed by atoms with Crippen molar-refractivity contribution in [3.8, 4) is 0 Å². The molecule has 0 unspecified atom stereocenters. The van der Waals surface area contributed by atoms with Gasteiger partial charge in [-0.25, -0.2) is 4.79 Å². The molecule has 0 radical (unpaired) electrons. The van der Waals surface area contributed by atoms with Crippen LogP contribution in [0.2, 0.25) is 5.02 Å². The summed E-state index contributed by atoms with van der Waals surface area (Å²) in [7, 11) is 0. The van der Waals surface area contributed by atoms with E-state index in [2.05, 4.69) is 0 Å². The molecule has 0 saturated carbocycles. The number of fused-ring (bicyclic) bond motifs is 1. The van der Waals surface area contributed by atoms with Crippen LogP contribution in [0, 0.1) is 0 Å². The quantitative estimate of drug-likeness (QED) is 0.880. The third-order valence-electron chi connectivity index (χ3n) is 2.60. The third kappa shape index (κ3) is 2.10. The third-order valence-corrected chi connectivity index (χ3v) is 2.89. The molecule has 5 nitrogen and oxygen atoms in total. The number of halogens is 1. The summed E-state index contributed by atoms with van der Waals surface area (Å²) in [6.07, 6.45) is 0. The number of aromatic carboxylic acids is 1. The number of aliphatic hydroxyl groups excluding tert-OH is 1. The molecule has 0 amide bonds. The van der Waals surface area contributed by atoms with Gasteiger partial charge in [-0.05, 0) is 18.2 Å². The van der Waals surface area contributed by atoms with Gasteiger partial charge in [-0.1, -0.05) is 11.6 Å². The maximum Gasteiger partial charge on any atom is 0.335 e. The van der Waals surface area contributed by atoms with Crippen LogP contribution in [0.4, 0.5) is 0 Å². The number of carbonyl (C=O) groups is 1. The molecule has 2 rings (SSSR count). The van der Waals surface area contributed by atoms with Crippen LogP contribution < -0.4 is 5.56 Å². The van der Waals surface area contributed by atoms with E-state index in [4.69, 9.17) is 21.8 Å². The second-order valence-corrected chi connectivity index (χ2v) is 4.16. The fraction of sp³-hybridized carbons (Fsp3) is 0.167. The van der Waals surface area contributed by atoms with Crippen molar-refractivity contribution in [2.45, 2.75) is 6.54 Å². The number of hydrogen-bond acceptors (Lipinski definition) is 3. The number of benzene rings is 1. The minimum absolute atomic E-state index is 0.0571. The molecule has 18 heavy (non-hydrogen) atoms. The summed E-state index contributed by atoms with van der Waals surface area (Å²) in [5.41, 5.74) is 0.200. The van der Waals surface area contributed by atoms with E-state index < -0.39 is 5.97 Å². The Kier molecular flexibility index (Phi) is 3.36. The zero-order valence-electron chi connectivity index (χ0n) is 9.26. The van der Waals surface area contributed by atoms with Crippen LogP contribution in [0.15, 0.2) is 29.1 Å². The minimum Gasteiger partial charge on any atom is -0.478 e. The summed E-state index contributed by atoms with van der Waals surface area (Å²) >= 11 is 6.01. The summed E-state index contributed by atoms with van der Waals surface area (Å²) in [6, 6.07) is 5.57. The largest absolute Gasteiger partial charge is 0.478 e. The molecule has 0 aliphatic carbocycles. The van der Waals surface area contributed by atoms with Crippen LogP contribution in [0.3, 0.4) is 0 Å². The Hall–Kier alpha value is -1.85. The molecule has 2 aromatic rings. The van der Waals surface area contributed by atoms with E-state index in [0.717, 1.165) is 0 Å². The Morgan fingerprint density at radius 3 is 2.67 bits per heavy atom. The first kappa shape index (κ1) is 12.6. The maximum atomic E-state index is 11.7. The molecule has 0 saturated heterocycles. The van der Waals surface area contributed by atoms with Crippen molar-refractivity contribution in [2.75, 3.05) is 6.61 Å². The van der Waals surface area contributed by atoms with Crippen LogP contribution >= 0.6 is 11.6 Å². The van der Waals surface area contributed by atoms with Gasteiger partial charge in [0.05, 0.1) is 22.7 Å². The lowest BCUT2D eigenvalue weighted by Crippen LogP contribution is -2.21. The average molecular weight is 268 g/mol. The van der Waals surface area contributed by atoms with E-state index in [-0.39, 0.29) is 29.3 Å². The molecule has 0 spiro atoms.